The van der Waals surface area contributed by atoms with Crippen LogP contribution in [0.3, 0.4) is 0 Å². The Kier molecular flexibility index (Phi) is 5.73. The van der Waals surface area contributed by atoms with Crippen LogP contribution in [0.4, 0.5) is 0 Å². The van der Waals surface area contributed by atoms with E-state index in [4.69, 9.17) is 9.72 Å². The number of methoxy groups -OCH3 is 1. The van der Waals surface area contributed by atoms with Gasteiger partial charge >= 0.3 is 0 Å². The number of piperidine rings is 1. The largest absolute Gasteiger partial charge is 0.380 e. The number of rotatable bonds is 5. The molecule has 0 saturated carbocycles. The van der Waals surface area contributed by atoms with Gasteiger partial charge in [-0.05, 0) is 52.3 Å². The predicted molar refractivity (Wildman–Crippen MR) is 86.1 cm³/mol. The van der Waals surface area contributed by atoms with Gasteiger partial charge in [-0.15, -0.1) is 0 Å². The summed E-state index contributed by atoms with van der Waals surface area (Å²) in [7, 11) is 1.81. The molecule has 1 aromatic heterocycles. The number of hydrogen-bond donors (Lipinski definition) is 1. The monoisotopic (exact) mass is 291 g/mol. The quantitative estimate of drug-likeness (QED) is 0.905. The van der Waals surface area contributed by atoms with Gasteiger partial charge in [0.2, 0.25) is 0 Å². The van der Waals surface area contributed by atoms with E-state index >= 15 is 0 Å². The second-order valence-electron chi connectivity index (χ2n) is 6.96. The second-order valence-corrected chi connectivity index (χ2v) is 6.96. The number of hydrogen-bond acceptors (Lipinski definition) is 4. The summed E-state index contributed by atoms with van der Waals surface area (Å²) in [6.45, 7) is 10.4. The first-order chi connectivity index (χ1) is 9.96. The lowest BCUT2D eigenvalue weighted by atomic mass is 10.1. The summed E-state index contributed by atoms with van der Waals surface area (Å²) in [4.78, 5) is 7.22. The highest BCUT2D eigenvalue weighted by Crippen LogP contribution is 2.15. The molecule has 1 fully saturated rings. The fourth-order valence-corrected chi connectivity index (χ4v) is 2.65. The van der Waals surface area contributed by atoms with Crippen molar-refractivity contribution in [3.63, 3.8) is 0 Å². The molecule has 1 aliphatic rings. The number of pyridine rings is 1. The molecular weight excluding hydrogens is 262 g/mol. The van der Waals surface area contributed by atoms with Crippen molar-refractivity contribution in [2.24, 2.45) is 0 Å². The SMILES string of the molecule is COC1CCCN(Cc2cccc(CNC(C)(C)C)n2)C1. The van der Waals surface area contributed by atoms with Crippen molar-refractivity contribution < 1.29 is 4.74 Å². The summed E-state index contributed by atoms with van der Waals surface area (Å²) in [5.74, 6) is 0. The molecule has 0 radical (unpaired) electrons. The van der Waals surface area contributed by atoms with Crippen molar-refractivity contribution in [3.05, 3.63) is 29.6 Å². The van der Waals surface area contributed by atoms with Gasteiger partial charge in [-0.3, -0.25) is 9.88 Å². The van der Waals surface area contributed by atoms with Crippen molar-refractivity contribution in [1.29, 1.82) is 0 Å². The summed E-state index contributed by atoms with van der Waals surface area (Å²) >= 11 is 0. The van der Waals surface area contributed by atoms with E-state index in [1.54, 1.807) is 0 Å². The van der Waals surface area contributed by atoms with E-state index < -0.39 is 0 Å². The number of nitrogens with one attached hydrogen (secondary N) is 1. The number of likely N-dealkylation sites (tertiary alicyclic amines) is 1. The lowest BCUT2D eigenvalue weighted by Gasteiger charge is -2.31. The van der Waals surface area contributed by atoms with Crippen LogP contribution in [0.2, 0.25) is 0 Å². The van der Waals surface area contributed by atoms with E-state index in [-0.39, 0.29) is 5.54 Å². The van der Waals surface area contributed by atoms with Crippen LogP contribution in [0, 0.1) is 0 Å². The van der Waals surface area contributed by atoms with Crippen molar-refractivity contribution >= 4 is 0 Å². The Labute approximate surface area is 128 Å². The standard InChI is InChI=1S/C17H29N3O/c1-17(2,3)18-11-14-7-5-8-15(19-14)12-20-10-6-9-16(13-20)21-4/h5,7-8,16,18H,6,9-13H2,1-4H3. The van der Waals surface area contributed by atoms with E-state index in [0.29, 0.717) is 6.10 Å². The van der Waals surface area contributed by atoms with E-state index in [9.17, 15) is 0 Å². The molecule has 2 heterocycles. The maximum absolute atomic E-state index is 5.49. The lowest BCUT2D eigenvalue weighted by Crippen LogP contribution is -2.39. The molecule has 1 atom stereocenters. The van der Waals surface area contributed by atoms with Crippen molar-refractivity contribution in [1.82, 2.24) is 15.2 Å². The molecule has 0 aliphatic carbocycles. The van der Waals surface area contributed by atoms with Gasteiger partial charge in [-0.2, -0.15) is 0 Å². The summed E-state index contributed by atoms with van der Waals surface area (Å²) < 4.78 is 5.49. The minimum atomic E-state index is 0.121. The molecule has 1 saturated heterocycles. The molecule has 21 heavy (non-hydrogen) atoms. The molecule has 1 aromatic rings. The van der Waals surface area contributed by atoms with E-state index in [2.05, 4.69) is 49.2 Å². The molecule has 1 N–H and O–H groups in total. The maximum Gasteiger partial charge on any atom is 0.0698 e. The third-order valence-electron chi connectivity index (χ3n) is 3.85. The Bertz CT molecular complexity index is 442. The predicted octanol–water partition coefficient (Wildman–Crippen LogP) is 2.58. The number of nitrogens with zero attached hydrogens (tertiary/aromatic N) is 2. The van der Waals surface area contributed by atoms with E-state index in [1.165, 1.54) is 12.8 Å². The van der Waals surface area contributed by atoms with Crippen LogP contribution in [0.15, 0.2) is 18.2 Å². The molecular formula is C17H29N3O. The van der Waals surface area contributed by atoms with Crippen molar-refractivity contribution in [3.8, 4) is 0 Å². The van der Waals surface area contributed by atoms with Gasteiger partial charge in [0.25, 0.3) is 0 Å². The minimum Gasteiger partial charge on any atom is -0.380 e. The highest BCUT2D eigenvalue weighted by molar-refractivity contribution is 5.11. The maximum atomic E-state index is 5.49. The molecule has 0 spiro atoms. The third kappa shape index (κ3) is 5.73. The zero-order valence-corrected chi connectivity index (χ0v) is 13.9. The molecule has 2 rings (SSSR count). The number of aromatic nitrogens is 1. The van der Waals surface area contributed by atoms with Crippen LogP contribution in [-0.2, 0) is 17.8 Å². The summed E-state index contributed by atoms with van der Waals surface area (Å²) in [5.41, 5.74) is 2.39. The fraction of sp³-hybridized carbons (Fsp3) is 0.706. The van der Waals surface area contributed by atoms with Gasteiger partial charge in [0, 0.05) is 32.3 Å². The molecule has 4 heteroatoms. The fourth-order valence-electron chi connectivity index (χ4n) is 2.65. The highest BCUT2D eigenvalue weighted by atomic mass is 16.5. The van der Waals surface area contributed by atoms with Gasteiger partial charge in [0.05, 0.1) is 17.5 Å². The molecule has 1 aliphatic heterocycles. The molecule has 0 aromatic carbocycles. The topological polar surface area (TPSA) is 37.4 Å². The van der Waals surface area contributed by atoms with E-state index in [0.717, 1.165) is 37.6 Å². The molecule has 0 bridgehead atoms. The summed E-state index contributed by atoms with van der Waals surface area (Å²) in [6.07, 6.45) is 2.77. The van der Waals surface area contributed by atoms with Gasteiger partial charge in [0.1, 0.15) is 0 Å². The van der Waals surface area contributed by atoms with Crippen LogP contribution >= 0.6 is 0 Å². The van der Waals surface area contributed by atoms with Crippen LogP contribution in [0.5, 0.6) is 0 Å². The van der Waals surface area contributed by atoms with Gasteiger partial charge < -0.3 is 10.1 Å². The molecule has 118 valence electrons. The lowest BCUT2D eigenvalue weighted by molar-refractivity contribution is 0.0281. The molecule has 0 amide bonds. The Balaban J connectivity index is 1.91. The average molecular weight is 291 g/mol. The van der Waals surface area contributed by atoms with Crippen molar-refractivity contribution in [2.75, 3.05) is 20.2 Å². The Morgan fingerprint density at radius 2 is 2.10 bits per heavy atom. The van der Waals surface area contributed by atoms with Gasteiger partial charge in [-0.25, -0.2) is 0 Å². The highest BCUT2D eigenvalue weighted by Gasteiger charge is 2.19. The summed E-state index contributed by atoms with van der Waals surface area (Å²) in [5, 5.41) is 3.49. The van der Waals surface area contributed by atoms with Crippen LogP contribution in [0.1, 0.15) is 45.0 Å². The molecule has 4 nitrogen and oxygen atoms in total. The third-order valence-corrected chi connectivity index (χ3v) is 3.85. The van der Waals surface area contributed by atoms with E-state index in [1.807, 2.05) is 7.11 Å². The smallest absolute Gasteiger partial charge is 0.0698 e. The average Bonchev–Trinajstić information content (AvgIpc) is 2.45. The van der Waals surface area contributed by atoms with Gasteiger partial charge in [-0.1, -0.05) is 6.07 Å². The summed E-state index contributed by atoms with van der Waals surface area (Å²) in [6, 6.07) is 6.33. The Morgan fingerprint density at radius 1 is 1.33 bits per heavy atom. The van der Waals surface area contributed by atoms with Crippen LogP contribution < -0.4 is 5.32 Å². The first kappa shape index (κ1) is 16.4. The zero-order chi connectivity index (χ0) is 15.3. The first-order valence-corrected chi connectivity index (χ1v) is 7.91. The Hall–Kier alpha value is -0.970. The van der Waals surface area contributed by atoms with Crippen molar-refractivity contribution in [2.45, 2.75) is 58.3 Å². The van der Waals surface area contributed by atoms with Gasteiger partial charge in [0.15, 0.2) is 0 Å². The van der Waals surface area contributed by atoms with Crippen LogP contribution in [0.25, 0.3) is 0 Å². The first-order valence-electron chi connectivity index (χ1n) is 7.91. The Morgan fingerprint density at radius 3 is 2.81 bits per heavy atom. The zero-order valence-electron chi connectivity index (χ0n) is 13.9. The minimum absolute atomic E-state index is 0.121. The normalized spacial score (nSPS) is 20.7. The second kappa shape index (κ2) is 7.34. The number of ether oxygens (including phenoxy) is 1. The molecule has 1 unspecified atom stereocenters. The van der Waals surface area contributed by atoms with Crippen LogP contribution in [-0.4, -0.2) is 41.7 Å².